The second-order valence-corrected chi connectivity index (χ2v) is 6.63. The highest BCUT2D eigenvalue weighted by molar-refractivity contribution is 5.84. The van der Waals surface area contributed by atoms with Gasteiger partial charge in [0.1, 0.15) is 18.8 Å². The molecule has 0 aliphatic carbocycles. The van der Waals surface area contributed by atoms with Gasteiger partial charge in [-0.2, -0.15) is 13.2 Å². The summed E-state index contributed by atoms with van der Waals surface area (Å²) in [6.07, 6.45) is -8.38. The minimum Gasteiger partial charge on any atom is -0.388 e. The van der Waals surface area contributed by atoms with Crippen molar-refractivity contribution < 1.29 is 37.3 Å². The standard InChI is InChI=1S/C17H22F3N3O7/c1-2-9-13(27)14(15(30-9)23-7-5-11(25)22-16(23)28)29-8-12(26)21-6-3-4-10(24)17(18,19)20/h5,7,9,13-15,27H,2-4,6,8H2,1H3,(H,21,26)(H,22,25,28)/t9-,13?,14+,15-/m1/s1. The van der Waals surface area contributed by atoms with Gasteiger partial charge in [-0.05, 0) is 12.8 Å². The molecule has 1 aliphatic heterocycles. The highest BCUT2D eigenvalue weighted by Gasteiger charge is 2.45. The first-order valence-electron chi connectivity index (χ1n) is 9.18. The van der Waals surface area contributed by atoms with Gasteiger partial charge in [0.15, 0.2) is 6.23 Å². The molecule has 0 saturated carbocycles. The number of rotatable bonds is 9. The van der Waals surface area contributed by atoms with Crippen LogP contribution in [0.2, 0.25) is 0 Å². The molecule has 2 heterocycles. The number of carbonyl (C=O) groups excluding carboxylic acids is 2. The van der Waals surface area contributed by atoms with Crippen LogP contribution in [0, 0.1) is 0 Å². The molecule has 0 spiro atoms. The van der Waals surface area contributed by atoms with Gasteiger partial charge in [-0.15, -0.1) is 0 Å². The fourth-order valence-electron chi connectivity index (χ4n) is 2.93. The number of aliphatic hydroxyl groups excluding tert-OH is 1. The highest BCUT2D eigenvalue weighted by Crippen LogP contribution is 2.32. The lowest BCUT2D eigenvalue weighted by molar-refractivity contribution is -0.171. The Hall–Kier alpha value is -2.51. The van der Waals surface area contributed by atoms with E-state index in [0.29, 0.717) is 6.42 Å². The molecule has 0 bridgehead atoms. The molecule has 1 saturated heterocycles. The number of ketones is 1. The number of carbonyl (C=O) groups is 2. The zero-order valence-electron chi connectivity index (χ0n) is 16.0. The van der Waals surface area contributed by atoms with Gasteiger partial charge in [0.2, 0.25) is 11.7 Å². The Morgan fingerprint density at radius 3 is 2.67 bits per heavy atom. The third-order valence-corrected chi connectivity index (χ3v) is 4.47. The number of aliphatic hydroxyl groups is 1. The number of nitrogens with zero attached hydrogens (tertiary/aromatic N) is 1. The Morgan fingerprint density at radius 2 is 2.07 bits per heavy atom. The first kappa shape index (κ1) is 23.8. The lowest BCUT2D eigenvalue weighted by Gasteiger charge is -2.22. The van der Waals surface area contributed by atoms with Crippen LogP contribution in [0.15, 0.2) is 21.9 Å². The predicted molar refractivity (Wildman–Crippen MR) is 94.6 cm³/mol. The Kier molecular flexibility index (Phi) is 7.92. The molecule has 1 aromatic heterocycles. The SMILES string of the molecule is CC[C@H]1O[C@@H](n2ccc(=O)[nH]c2=O)[C@@H](OCC(=O)NCCCC(=O)C(F)(F)F)C1O. The number of nitrogens with one attached hydrogen (secondary N) is 2. The van der Waals surface area contributed by atoms with E-state index in [2.05, 4.69) is 10.3 Å². The van der Waals surface area contributed by atoms with Crippen molar-refractivity contribution in [2.24, 2.45) is 0 Å². The molecule has 30 heavy (non-hydrogen) atoms. The number of Topliss-reactive ketones (excluding diaryl/α,β-unsaturated/α-hetero) is 1. The number of hydrogen-bond donors (Lipinski definition) is 3. The molecule has 4 atom stereocenters. The molecular weight excluding hydrogens is 415 g/mol. The largest absolute Gasteiger partial charge is 0.449 e. The van der Waals surface area contributed by atoms with Crippen LogP contribution in [0.1, 0.15) is 32.4 Å². The average Bonchev–Trinajstić information content (AvgIpc) is 2.98. The number of H-pyrrole nitrogens is 1. The van der Waals surface area contributed by atoms with Crippen molar-refractivity contribution in [2.75, 3.05) is 13.2 Å². The Bertz CT molecular complexity index is 867. The molecule has 13 heteroatoms. The molecule has 3 N–H and O–H groups in total. The molecule has 2 rings (SSSR count). The predicted octanol–water partition coefficient (Wildman–Crippen LogP) is -0.382. The maximum Gasteiger partial charge on any atom is 0.449 e. The average molecular weight is 437 g/mol. The zero-order chi connectivity index (χ0) is 22.5. The number of aromatic nitrogens is 2. The van der Waals surface area contributed by atoms with Gasteiger partial charge in [-0.3, -0.25) is 23.9 Å². The van der Waals surface area contributed by atoms with E-state index in [9.17, 15) is 37.5 Å². The lowest BCUT2D eigenvalue weighted by Crippen LogP contribution is -2.41. The molecule has 0 aromatic carbocycles. The summed E-state index contributed by atoms with van der Waals surface area (Å²) in [6.45, 7) is 0.995. The van der Waals surface area contributed by atoms with Gasteiger partial charge in [0.25, 0.3) is 5.56 Å². The summed E-state index contributed by atoms with van der Waals surface area (Å²) in [5.41, 5.74) is -1.41. The van der Waals surface area contributed by atoms with Crippen molar-refractivity contribution in [2.45, 2.75) is 56.9 Å². The number of halogens is 3. The van der Waals surface area contributed by atoms with Crippen molar-refractivity contribution in [3.05, 3.63) is 33.1 Å². The molecule has 1 unspecified atom stereocenters. The summed E-state index contributed by atoms with van der Waals surface area (Å²) in [7, 11) is 0. The van der Waals surface area contributed by atoms with E-state index in [-0.39, 0.29) is 13.0 Å². The van der Waals surface area contributed by atoms with Crippen molar-refractivity contribution in [1.29, 1.82) is 0 Å². The fraction of sp³-hybridized carbons (Fsp3) is 0.647. The van der Waals surface area contributed by atoms with Crippen LogP contribution in [0.3, 0.4) is 0 Å². The molecule has 168 valence electrons. The second kappa shape index (κ2) is 10.00. The van der Waals surface area contributed by atoms with Crippen molar-refractivity contribution in [3.63, 3.8) is 0 Å². The Labute approximate surface area is 168 Å². The van der Waals surface area contributed by atoms with Crippen LogP contribution in [-0.4, -0.2) is 64.0 Å². The summed E-state index contributed by atoms with van der Waals surface area (Å²) < 4.78 is 48.4. The van der Waals surface area contributed by atoms with Gasteiger partial charge in [-0.25, -0.2) is 4.79 Å². The van der Waals surface area contributed by atoms with Crippen LogP contribution in [0.5, 0.6) is 0 Å². The van der Waals surface area contributed by atoms with E-state index in [4.69, 9.17) is 9.47 Å². The van der Waals surface area contributed by atoms with Crippen molar-refractivity contribution >= 4 is 11.7 Å². The van der Waals surface area contributed by atoms with E-state index in [1.54, 1.807) is 6.92 Å². The number of amides is 1. The van der Waals surface area contributed by atoms with Crippen molar-refractivity contribution in [3.8, 4) is 0 Å². The van der Waals surface area contributed by atoms with E-state index >= 15 is 0 Å². The molecule has 10 nitrogen and oxygen atoms in total. The fourth-order valence-corrected chi connectivity index (χ4v) is 2.93. The van der Waals surface area contributed by atoms with Gasteiger partial charge in [0, 0.05) is 25.2 Å². The van der Waals surface area contributed by atoms with Crippen LogP contribution in [0.25, 0.3) is 0 Å². The minimum absolute atomic E-state index is 0.172. The highest BCUT2D eigenvalue weighted by atomic mass is 19.4. The summed E-state index contributed by atoms with van der Waals surface area (Å²) in [4.78, 5) is 47.9. The smallest absolute Gasteiger partial charge is 0.388 e. The molecular formula is C17H22F3N3O7. The molecule has 1 aliphatic rings. The summed E-state index contributed by atoms with van der Waals surface area (Å²) >= 11 is 0. The normalized spacial score (nSPS) is 24.0. The van der Waals surface area contributed by atoms with Crippen LogP contribution < -0.4 is 16.6 Å². The topological polar surface area (TPSA) is 140 Å². The van der Waals surface area contributed by atoms with E-state index < -0.39 is 66.7 Å². The summed E-state index contributed by atoms with van der Waals surface area (Å²) in [6, 6.07) is 1.09. The monoisotopic (exact) mass is 437 g/mol. The number of alkyl halides is 3. The minimum atomic E-state index is -4.91. The number of ether oxygens (including phenoxy) is 2. The molecule has 0 radical (unpaired) electrons. The lowest BCUT2D eigenvalue weighted by atomic mass is 10.1. The van der Waals surface area contributed by atoms with Gasteiger partial charge >= 0.3 is 11.9 Å². The van der Waals surface area contributed by atoms with Gasteiger partial charge in [0.05, 0.1) is 6.10 Å². The third-order valence-electron chi connectivity index (χ3n) is 4.47. The maximum atomic E-state index is 12.1. The maximum absolute atomic E-state index is 12.1. The number of hydrogen-bond acceptors (Lipinski definition) is 7. The Balaban J connectivity index is 1.92. The van der Waals surface area contributed by atoms with Crippen LogP contribution >= 0.6 is 0 Å². The molecule has 1 amide bonds. The van der Waals surface area contributed by atoms with Gasteiger partial charge < -0.3 is 19.9 Å². The first-order chi connectivity index (χ1) is 14.0. The van der Waals surface area contributed by atoms with Crippen molar-refractivity contribution in [1.82, 2.24) is 14.9 Å². The summed E-state index contributed by atoms with van der Waals surface area (Å²) in [5, 5.41) is 12.7. The third kappa shape index (κ3) is 6.00. The summed E-state index contributed by atoms with van der Waals surface area (Å²) in [5.74, 6) is -2.56. The van der Waals surface area contributed by atoms with E-state index in [0.717, 1.165) is 10.6 Å². The van der Waals surface area contributed by atoms with Crippen LogP contribution in [-0.2, 0) is 19.1 Å². The zero-order valence-corrected chi connectivity index (χ0v) is 16.0. The second-order valence-electron chi connectivity index (χ2n) is 6.63. The molecule has 1 fully saturated rings. The molecule has 1 aromatic rings. The van der Waals surface area contributed by atoms with Crippen LogP contribution in [0.4, 0.5) is 13.2 Å². The number of aromatic amines is 1. The Morgan fingerprint density at radius 1 is 1.37 bits per heavy atom. The van der Waals surface area contributed by atoms with E-state index in [1.165, 1.54) is 6.20 Å². The first-order valence-corrected chi connectivity index (χ1v) is 9.18. The van der Waals surface area contributed by atoms with Gasteiger partial charge in [-0.1, -0.05) is 6.92 Å². The quantitative estimate of drug-likeness (QED) is 0.448. The van der Waals surface area contributed by atoms with E-state index in [1.807, 2.05) is 0 Å².